The lowest BCUT2D eigenvalue weighted by Crippen LogP contribution is -2.23. The Morgan fingerprint density at radius 2 is 1.38 bits per heavy atom. The number of benzene rings is 4. The summed E-state index contributed by atoms with van der Waals surface area (Å²) < 4.78 is 38.1. The molecule has 0 spiro atoms. The van der Waals surface area contributed by atoms with Gasteiger partial charge in [-0.05, 0) is 83.1 Å². The summed E-state index contributed by atoms with van der Waals surface area (Å²) in [5.41, 5.74) is 1.74. The zero-order chi connectivity index (χ0) is 24.1. The molecule has 174 valence electrons. The number of hydrogen-bond acceptors (Lipinski definition) is 5. The van der Waals surface area contributed by atoms with Crippen LogP contribution in [0.3, 0.4) is 0 Å². The second-order valence-corrected chi connectivity index (χ2v) is 9.27. The maximum atomic E-state index is 12.6. The molecule has 0 heterocycles. The summed E-state index contributed by atoms with van der Waals surface area (Å²) in [5, 5.41) is 4.97. The van der Waals surface area contributed by atoms with Gasteiger partial charge in [0.1, 0.15) is 11.5 Å². The first-order valence-electron chi connectivity index (χ1n) is 10.5. The van der Waals surface area contributed by atoms with Gasteiger partial charge < -0.3 is 14.8 Å². The minimum atomic E-state index is -3.79. The molecule has 0 aromatic heterocycles. The van der Waals surface area contributed by atoms with Gasteiger partial charge in [0.25, 0.3) is 15.9 Å². The number of hydrogen-bond donors (Lipinski definition) is 2. The average molecular weight is 477 g/mol. The Balaban J connectivity index is 1.40. The van der Waals surface area contributed by atoms with Crippen molar-refractivity contribution in [1.82, 2.24) is 5.32 Å². The summed E-state index contributed by atoms with van der Waals surface area (Å²) >= 11 is 0. The zero-order valence-corrected chi connectivity index (χ0v) is 19.6. The Labute approximate surface area is 198 Å². The van der Waals surface area contributed by atoms with Crippen molar-refractivity contribution in [2.45, 2.75) is 11.4 Å². The molecule has 0 saturated carbocycles. The lowest BCUT2D eigenvalue weighted by molar-refractivity contribution is 0.0951. The highest BCUT2D eigenvalue weighted by molar-refractivity contribution is 7.92. The number of fused-ring (bicyclic) bond motifs is 1. The third-order valence-electron chi connectivity index (χ3n) is 5.33. The van der Waals surface area contributed by atoms with Gasteiger partial charge >= 0.3 is 0 Å². The Bertz CT molecular complexity index is 1420. The normalized spacial score (nSPS) is 11.1. The molecule has 0 radical (unpaired) electrons. The Hall–Kier alpha value is -4.04. The molecule has 34 heavy (non-hydrogen) atoms. The van der Waals surface area contributed by atoms with Crippen LogP contribution in [0.2, 0.25) is 0 Å². The van der Waals surface area contributed by atoms with Crippen molar-refractivity contribution < 1.29 is 22.7 Å². The zero-order valence-electron chi connectivity index (χ0n) is 18.7. The molecule has 0 saturated heterocycles. The van der Waals surface area contributed by atoms with E-state index in [4.69, 9.17) is 9.47 Å². The molecule has 2 N–H and O–H groups in total. The maximum Gasteiger partial charge on any atom is 0.261 e. The fraction of sp³-hybridized carbons (Fsp3) is 0.115. The molecular weight excluding hydrogens is 452 g/mol. The summed E-state index contributed by atoms with van der Waals surface area (Å²) in [6.45, 7) is 0.347. The highest BCUT2D eigenvalue weighted by Crippen LogP contribution is 2.22. The smallest absolute Gasteiger partial charge is 0.261 e. The Morgan fingerprint density at radius 1 is 0.765 bits per heavy atom. The minimum absolute atomic E-state index is 0.0600. The van der Waals surface area contributed by atoms with Crippen molar-refractivity contribution in [3.63, 3.8) is 0 Å². The number of sulfonamides is 1. The van der Waals surface area contributed by atoms with E-state index in [1.54, 1.807) is 31.4 Å². The van der Waals surface area contributed by atoms with Gasteiger partial charge in [-0.2, -0.15) is 0 Å². The number of methoxy groups -OCH3 is 2. The standard InChI is InChI=1S/C26H24N2O5S/c1-32-23-11-8-22(9-12-23)28-34(30,31)25-13-6-19(7-14-25)26(29)27-17-18-3-4-21-16-24(33-2)10-5-20(21)15-18/h3-16,28H,17H2,1-2H3,(H,27,29). The molecule has 0 aliphatic heterocycles. The first-order chi connectivity index (χ1) is 16.4. The molecule has 0 unspecified atom stereocenters. The van der Waals surface area contributed by atoms with Crippen molar-refractivity contribution in [3.05, 3.63) is 96.1 Å². The molecular formula is C26H24N2O5S. The third kappa shape index (κ3) is 5.29. The van der Waals surface area contributed by atoms with E-state index in [1.807, 2.05) is 36.4 Å². The van der Waals surface area contributed by atoms with Crippen LogP contribution in [0, 0.1) is 0 Å². The van der Waals surface area contributed by atoms with Gasteiger partial charge in [0.2, 0.25) is 0 Å². The van der Waals surface area contributed by atoms with Crippen LogP contribution >= 0.6 is 0 Å². The number of carbonyl (C=O) groups is 1. The van der Waals surface area contributed by atoms with Crippen LogP contribution in [0.1, 0.15) is 15.9 Å². The Morgan fingerprint density at radius 3 is 2.06 bits per heavy atom. The molecule has 4 rings (SSSR count). The highest BCUT2D eigenvalue weighted by Gasteiger charge is 2.15. The molecule has 0 fully saturated rings. The number of anilines is 1. The molecule has 0 aliphatic carbocycles. The van der Waals surface area contributed by atoms with E-state index < -0.39 is 10.0 Å². The molecule has 7 nitrogen and oxygen atoms in total. The van der Waals surface area contributed by atoms with Gasteiger partial charge in [0.05, 0.1) is 19.1 Å². The van der Waals surface area contributed by atoms with Crippen molar-refractivity contribution in [1.29, 1.82) is 0 Å². The van der Waals surface area contributed by atoms with Gasteiger partial charge in [0.15, 0.2) is 0 Å². The fourth-order valence-electron chi connectivity index (χ4n) is 3.45. The first-order valence-corrected chi connectivity index (χ1v) is 12.0. The van der Waals surface area contributed by atoms with Crippen LogP contribution in [-0.4, -0.2) is 28.5 Å². The minimum Gasteiger partial charge on any atom is -0.497 e. The van der Waals surface area contributed by atoms with E-state index in [9.17, 15) is 13.2 Å². The number of nitrogens with one attached hydrogen (secondary N) is 2. The van der Waals surface area contributed by atoms with E-state index in [0.29, 0.717) is 23.5 Å². The number of carbonyl (C=O) groups excluding carboxylic acids is 1. The number of amides is 1. The predicted molar refractivity (Wildman–Crippen MR) is 132 cm³/mol. The predicted octanol–water partition coefficient (Wildman–Crippen LogP) is 4.59. The maximum absolute atomic E-state index is 12.6. The van der Waals surface area contributed by atoms with E-state index in [1.165, 1.54) is 31.4 Å². The molecule has 0 bridgehead atoms. The largest absolute Gasteiger partial charge is 0.497 e. The highest BCUT2D eigenvalue weighted by atomic mass is 32.2. The lowest BCUT2D eigenvalue weighted by atomic mass is 10.1. The van der Waals surface area contributed by atoms with Crippen LogP contribution in [0.5, 0.6) is 11.5 Å². The van der Waals surface area contributed by atoms with Gasteiger partial charge in [0, 0.05) is 17.8 Å². The summed E-state index contributed by atoms with van der Waals surface area (Å²) in [5.74, 6) is 1.13. The molecule has 0 aliphatic rings. The van der Waals surface area contributed by atoms with E-state index >= 15 is 0 Å². The fourth-order valence-corrected chi connectivity index (χ4v) is 4.51. The SMILES string of the molecule is COc1ccc(NS(=O)(=O)c2ccc(C(=O)NCc3ccc4cc(OC)ccc4c3)cc2)cc1. The van der Waals surface area contributed by atoms with Crippen molar-refractivity contribution in [2.24, 2.45) is 0 Å². The second kappa shape index (κ2) is 9.84. The number of ether oxygens (including phenoxy) is 2. The molecule has 4 aromatic carbocycles. The summed E-state index contributed by atoms with van der Waals surface area (Å²) in [7, 11) is -0.621. The monoisotopic (exact) mass is 476 g/mol. The van der Waals surface area contributed by atoms with Gasteiger partial charge in [-0.25, -0.2) is 8.42 Å². The molecule has 4 aromatic rings. The van der Waals surface area contributed by atoms with Gasteiger partial charge in [-0.1, -0.05) is 18.2 Å². The summed E-state index contributed by atoms with van der Waals surface area (Å²) in [6, 6.07) is 24.1. The number of rotatable bonds is 8. The van der Waals surface area contributed by atoms with Crippen LogP contribution < -0.4 is 19.5 Å². The van der Waals surface area contributed by atoms with E-state index in [0.717, 1.165) is 22.1 Å². The van der Waals surface area contributed by atoms with Crippen molar-refractivity contribution in [2.75, 3.05) is 18.9 Å². The van der Waals surface area contributed by atoms with Gasteiger partial charge in [-0.15, -0.1) is 0 Å². The average Bonchev–Trinajstić information content (AvgIpc) is 2.87. The molecule has 0 atom stereocenters. The topological polar surface area (TPSA) is 93.7 Å². The summed E-state index contributed by atoms with van der Waals surface area (Å²) in [6.07, 6.45) is 0. The first kappa shape index (κ1) is 23.1. The summed E-state index contributed by atoms with van der Waals surface area (Å²) in [4.78, 5) is 12.6. The van der Waals surface area contributed by atoms with Crippen LogP contribution in [0.4, 0.5) is 5.69 Å². The second-order valence-electron chi connectivity index (χ2n) is 7.59. The third-order valence-corrected chi connectivity index (χ3v) is 6.73. The van der Waals surface area contributed by atoms with Crippen LogP contribution in [0.25, 0.3) is 10.8 Å². The van der Waals surface area contributed by atoms with Crippen molar-refractivity contribution in [3.8, 4) is 11.5 Å². The van der Waals surface area contributed by atoms with Gasteiger partial charge in [-0.3, -0.25) is 9.52 Å². The molecule has 1 amide bonds. The van der Waals surface area contributed by atoms with Crippen molar-refractivity contribution >= 4 is 32.4 Å². The lowest BCUT2D eigenvalue weighted by Gasteiger charge is -2.10. The van der Waals surface area contributed by atoms with E-state index in [2.05, 4.69) is 10.0 Å². The van der Waals surface area contributed by atoms with Crippen LogP contribution in [-0.2, 0) is 16.6 Å². The van der Waals surface area contributed by atoms with E-state index in [-0.39, 0.29) is 10.8 Å². The molecule has 8 heteroatoms. The Kier molecular flexibility index (Phi) is 6.70. The van der Waals surface area contributed by atoms with Crippen LogP contribution in [0.15, 0.2) is 89.8 Å². The quantitative estimate of drug-likeness (QED) is 0.388.